The molecule has 0 atom stereocenters. The van der Waals surface area contributed by atoms with Crippen molar-refractivity contribution in [1.29, 1.82) is 0 Å². The van der Waals surface area contributed by atoms with Crippen molar-refractivity contribution in [2.45, 2.75) is 19.9 Å². The molecule has 8 heteroatoms. The number of piperazine rings is 1. The molecule has 1 fully saturated rings. The van der Waals surface area contributed by atoms with E-state index in [0.29, 0.717) is 29.2 Å². The molecule has 1 aliphatic rings. The van der Waals surface area contributed by atoms with E-state index in [-0.39, 0.29) is 18.3 Å². The van der Waals surface area contributed by atoms with E-state index < -0.39 is 5.82 Å². The molecular weight excluding hydrogens is 426 g/mol. The Morgan fingerprint density at radius 1 is 1.06 bits per heavy atom. The average Bonchev–Trinajstić information content (AvgIpc) is 3.23. The maximum Gasteiger partial charge on any atom is 0.254 e. The van der Waals surface area contributed by atoms with E-state index in [9.17, 15) is 13.6 Å². The number of hydrogen-bond donors (Lipinski definition) is 0. The third-order valence-corrected chi connectivity index (χ3v) is 5.88. The largest absolute Gasteiger partial charge is 0.338 e. The molecule has 0 saturated carbocycles. The molecule has 0 radical (unpaired) electrons. The third-order valence-electron chi connectivity index (χ3n) is 5.88. The van der Waals surface area contributed by atoms with E-state index in [1.165, 1.54) is 30.3 Å². The molecule has 2 aromatic carbocycles. The molecule has 3 aromatic rings. The summed E-state index contributed by atoms with van der Waals surface area (Å²) in [5.74, 6) is -0.424. The Hall–Kier alpha value is -3.26. The molecule has 0 N–H and O–H groups in total. The van der Waals surface area contributed by atoms with E-state index in [0.717, 1.165) is 38.2 Å². The SMILES string of the molecule is CCCN(Cc1c(-c2ccc(F)cc2)noc1N1CCN(C)CC1)C(=O)c1cccc(F)c1. The van der Waals surface area contributed by atoms with Gasteiger partial charge in [-0.1, -0.05) is 18.1 Å². The number of aromatic nitrogens is 1. The summed E-state index contributed by atoms with van der Waals surface area (Å²) < 4.78 is 33.1. The molecule has 0 aliphatic carbocycles. The zero-order valence-corrected chi connectivity index (χ0v) is 18.9. The molecule has 1 amide bonds. The van der Waals surface area contributed by atoms with Gasteiger partial charge in [-0.2, -0.15) is 0 Å². The Bertz CT molecular complexity index is 1090. The number of nitrogens with zero attached hydrogens (tertiary/aromatic N) is 4. The summed E-state index contributed by atoms with van der Waals surface area (Å²) in [6.45, 7) is 6.04. The molecule has 6 nitrogen and oxygen atoms in total. The van der Waals surface area contributed by atoms with Gasteiger partial charge in [-0.15, -0.1) is 0 Å². The van der Waals surface area contributed by atoms with E-state index in [2.05, 4.69) is 22.0 Å². The van der Waals surface area contributed by atoms with Crippen molar-refractivity contribution in [2.75, 3.05) is 44.7 Å². The summed E-state index contributed by atoms with van der Waals surface area (Å²) >= 11 is 0. The Morgan fingerprint density at radius 3 is 2.45 bits per heavy atom. The van der Waals surface area contributed by atoms with Crippen LogP contribution in [-0.2, 0) is 6.54 Å². The second-order valence-corrected chi connectivity index (χ2v) is 8.35. The molecule has 0 unspecified atom stereocenters. The highest BCUT2D eigenvalue weighted by Crippen LogP contribution is 2.33. The first-order valence-corrected chi connectivity index (χ1v) is 11.2. The third kappa shape index (κ3) is 5.22. The smallest absolute Gasteiger partial charge is 0.254 e. The zero-order chi connectivity index (χ0) is 23.4. The van der Waals surface area contributed by atoms with Crippen LogP contribution in [0.4, 0.5) is 14.7 Å². The van der Waals surface area contributed by atoms with Crippen LogP contribution in [-0.4, -0.2) is 60.6 Å². The van der Waals surface area contributed by atoms with Gasteiger partial charge < -0.3 is 19.2 Å². The summed E-state index contributed by atoms with van der Waals surface area (Å²) in [5.41, 5.74) is 2.36. The van der Waals surface area contributed by atoms with Crippen molar-refractivity contribution < 1.29 is 18.1 Å². The first kappa shape index (κ1) is 22.9. The second kappa shape index (κ2) is 10.1. The molecule has 4 rings (SSSR count). The Kier molecular flexibility index (Phi) is 7.03. The van der Waals surface area contributed by atoms with Crippen LogP contribution in [0.5, 0.6) is 0 Å². The molecule has 1 aromatic heterocycles. The van der Waals surface area contributed by atoms with Crippen LogP contribution in [0.2, 0.25) is 0 Å². The maximum atomic E-state index is 13.8. The van der Waals surface area contributed by atoms with E-state index in [1.807, 2.05) is 6.92 Å². The van der Waals surface area contributed by atoms with Crippen molar-refractivity contribution in [1.82, 2.24) is 15.0 Å². The Morgan fingerprint density at radius 2 is 1.79 bits per heavy atom. The number of carbonyl (C=O) groups excluding carboxylic acids is 1. The van der Waals surface area contributed by atoms with Crippen molar-refractivity contribution in [3.63, 3.8) is 0 Å². The van der Waals surface area contributed by atoms with Crippen LogP contribution in [0.25, 0.3) is 11.3 Å². The highest BCUT2D eigenvalue weighted by atomic mass is 19.1. The van der Waals surface area contributed by atoms with Crippen molar-refractivity contribution in [3.05, 3.63) is 71.3 Å². The lowest BCUT2D eigenvalue weighted by atomic mass is 10.1. The first-order chi connectivity index (χ1) is 16.0. The van der Waals surface area contributed by atoms with Gasteiger partial charge >= 0.3 is 0 Å². The minimum absolute atomic E-state index is 0.251. The van der Waals surface area contributed by atoms with Gasteiger partial charge in [0.25, 0.3) is 5.91 Å². The van der Waals surface area contributed by atoms with Crippen LogP contribution < -0.4 is 4.90 Å². The van der Waals surface area contributed by atoms with Gasteiger partial charge in [0.1, 0.15) is 17.3 Å². The topological polar surface area (TPSA) is 52.8 Å². The fourth-order valence-electron chi connectivity index (χ4n) is 4.05. The number of amides is 1. The van der Waals surface area contributed by atoms with Crippen molar-refractivity contribution in [3.8, 4) is 11.3 Å². The summed E-state index contributed by atoms with van der Waals surface area (Å²) in [6, 6.07) is 11.8. The number of carbonyl (C=O) groups is 1. The average molecular weight is 455 g/mol. The molecule has 174 valence electrons. The molecule has 1 aliphatic heterocycles. The summed E-state index contributed by atoms with van der Waals surface area (Å²) in [5, 5.41) is 4.32. The van der Waals surface area contributed by atoms with Crippen molar-refractivity contribution >= 4 is 11.8 Å². The van der Waals surface area contributed by atoms with E-state index >= 15 is 0 Å². The number of benzene rings is 2. The molecule has 0 spiro atoms. The van der Waals surface area contributed by atoms with Gasteiger partial charge in [-0.3, -0.25) is 4.79 Å². The highest BCUT2D eigenvalue weighted by molar-refractivity contribution is 5.94. The summed E-state index contributed by atoms with van der Waals surface area (Å²) in [4.78, 5) is 19.3. The highest BCUT2D eigenvalue weighted by Gasteiger charge is 2.28. The van der Waals surface area contributed by atoms with Gasteiger partial charge in [0.15, 0.2) is 0 Å². The molecule has 33 heavy (non-hydrogen) atoms. The first-order valence-electron chi connectivity index (χ1n) is 11.2. The zero-order valence-electron chi connectivity index (χ0n) is 18.9. The summed E-state index contributed by atoms with van der Waals surface area (Å²) in [6.07, 6.45) is 0.738. The van der Waals surface area contributed by atoms with Gasteiger partial charge in [0, 0.05) is 43.9 Å². The number of likely N-dealkylation sites (N-methyl/N-ethyl adjacent to an activating group) is 1. The predicted molar refractivity (Wildman–Crippen MR) is 123 cm³/mol. The number of anilines is 1. The Labute approximate surface area is 192 Å². The quantitative estimate of drug-likeness (QED) is 0.529. The molecule has 1 saturated heterocycles. The normalized spacial score (nSPS) is 14.5. The van der Waals surface area contributed by atoms with Crippen LogP contribution in [0.3, 0.4) is 0 Å². The number of rotatable bonds is 7. The second-order valence-electron chi connectivity index (χ2n) is 8.35. The molecular formula is C25H28F2N4O2. The fourth-order valence-corrected chi connectivity index (χ4v) is 4.05. The minimum Gasteiger partial charge on any atom is -0.338 e. The molecule has 2 heterocycles. The van der Waals surface area contributed by atoms with Crippen LogP contribution >= 0.6 is 0 Å². The van der Waals surface area contributed by atoms with Gasteiger partial charge in [-0.25, -0.2) is 8.78 Å². The van der Waals surface area contributed by atoms with E-state index in [1.54, 1.807) is 23.1 Å². The number of hydrogen-bond acceptors (Lipinski definition) is 5. The van der Waals surface area contributed by atoms with Gasteiger partial charge in [0.05, 0.1) is 12.1 Å². The maximum absolute atomic E-state index is 13.8. The standard InChI is InChI=1S/C25H28F2N4O2/c1-3-11-31(24(32)19-5-4-6-21(27)16-19)17-22-23(18-7-9-20(26)10-8-18)28-33-25(22)30-14-12-29(2)13-15-30/h4-10,16H,3,11-15,17H2,1-2H3. The lowest BCUT2D eigenvalue weighted by molar-refractivity contribution is 0.0743. The van der Waals surface area contributed by atoms with Crippen LogP contribution in [0, 0.1) is 11.6 Å². The molecule has 0 bridgehead atoms. The lowest BCUT2D eigenvalue weighted by Crippen LogP contribution is -2.45. The Balaban J connectivity index is 1.71. The summed E-state index contributed by atoms with van der Waals surface area (Å²) in [7, 11) is 2.07. The fraction of sp³-hybridized carbons (Fsp3) is 0.360. The monoisotopic (exact) mass is 454 g/mol. The minimum atomic E-state index is -0.451. The van der Waals surface area contributed by atoms with Crippen LogP contribution in [0.1, 0.15) is 29.3 Å². The van der Waals surface area contributed by atoms with Gasteiger partial charge in [0.2, 0.25) is 5.88 Å². The van der Waals surface area contributed by atoms with Crippen molar-refractivity contribution in [2.24, 2.45) is 0 Å². The van der Waals surface area contributed by atoms with Crippen LogP contribution in [0.15, 0.2) is 53.1 Å². The van der Waals surface area contributed by atoms with Gasteiger partial charge in [-0.05, 0) is 55.9 Å². The number of halogens is 2. The predicted octanol–water partition coefficient (Wildman–Crippen LogP) is 4.42. The lowest BCUT2D eigenvalue weighted by Gasteiger charge is -2.33. The van der Waals surface area contributed by atoms with E-state index in [4.69, 9.17) is 4.52 Å².